The molecule has 2 unspecified atom stereocenters. The lowest BCUT2D eigenvalue weighted by molar-refractivity contribution is 0.136. The predicted octanol–water partition coefficient (Wildman–Crippen LogP) is 6.85. The van der Waals surface area contributed by atoms with Crippen LogP contribution in [-0.4, -0.2) is 28.2 Å². The minimum Gasteiger partial charge on any atom is -0.598 e. The highest BCUT2D eigenvalue weighted by atomic mass is 32.2. The zero-order chi connectivity index (χ0) is 24.8. The van der Waals surface area contributed by atoms with Crippen LogP contribution in [0.15, 0.2) is 12.3 Å². The fourth-order valence-electron chi connectivity index (χ4n) is 3.54. The third-order valence-corrected chi connectivity index (χ3v) is 12.7. The molecular formula is C25H45FN2O2SSi. The average Bonchev–Trinajstić information content (AvgIpc) is 3.31. The first-order valence-corrected chi connectivity index (χ1v) is 15.8. The van der Waals surface area contributed by atoms with Crippen molar-refractivity contribution in [2.45, 2.75) is 123 Å². The van der Waals surface area contributed by atoms with Gasteiger partial charge >= 0.3 is 0 Å². The molecule has 0 aliphatic heterocycles. The highest BCUT2D eigenvalue weighted by Gasteiger charge is 2.53. The van der Waals surface area contributed by atoms with E-state index in [4.69, 9.17) is 4.43 Å². The van der Waals surface area contributed by atoms with Crippen molar-refractivity contribution < 1.29 is 13.4 Å². The van der Waals surface area contributed by atoms with Crippen LogP contribution in [0.25, 0.3) is 0 Å². The summed E-state index contributed by atoms with van der Waals surface area (Å²) in [5.74, 6) is -0.491. The van der Waals surface area contributed by atoms with Crippen LogP contribution in [-0.2, 0) is 22.2 Å². The average molecular weight is 485 g/mol. The van der Waals surface area contributed by atoms with Gasteiger partial charge in [-0.3, -0.25) is 0 Å². The lowest BCUT2D eigenvalue weighted by atomic mass is 9.88. The Morgan fingerprint density at radius 2 is 1.72 bits per heavy atom. The number of nitrogens with one attached hydrogen (secondary N) is 1. The Labute approximate surface area is 200 Å². The Morgan fingerprint density at radius 1 is 1.16 bits per heavy atom. The molecule has 1 heterocycles. The minimum atomic E-state index is -1.99. The second kappa shape index (κ2) is 9.29. The molecule has 1 aliphatic carbocycles. The molecule has 0 amide bonds. The van der Waals surface area contributed by atoms with Crippen LogP contribution in [0.1, 0.15) is 98.7 Å². The number of halogens is 1. The molecule has 1 aromatic rings. The zero-order valence-corrected chi connectivity index (χ0v) is 23.9. The molecule has 1 N–H and O–H groups in total. The summed E-state index contributed by atoms with van der Waals surface area (Å²) in [5, 5.41) is 0.0964. The topological polar surface area (TPSA) is 57.2 Å². The SMILES string of the molecule is CC(C)(C)Cc1cnc(F)c(C(CC2(O[Si](C)(C)C(C)(C)C)CC2)N[S+]([O-])C(C)(C)C)c1. The Bertz CT molecular complexity index is 793. The molecule has 1 fully saturated rings. The maximum Gasteiger partial charge on any atom is 0.217 e. The van der Waals surface area contributed by atoms with Crippen LogP contribution in [0.4, 0.5) is 4.39 Å². The molecule has 0 radical (unpaired) electrons. The fraction of sp³-hybridized carbons (Fsp3) is 0.800. The molecule has 1 aliphatic rings. The van der Waals surface area contributed by atoms with E-state index in [2.05, 4.69) is 64.3 Å². The Kier molecular flexibility index (Phi) is 8.06. The van der Waals surface area contributed by atoms with E-state index in [9.17, 15) is 4.55 Å². The van der Waals surface area contributed by atoms with Gasteiger partial charge in [0, 0.05) is 23.1 Å². The molecule has 0 spiro atoms. The van der Waals surface area contributed by atoms with Gasteiger partial charge in [0.15, 0.2) is 8.32 Å². The Balaban J connectivity index is 2.39. The van der Waals surface area contributed by atoms with E-state index in [1.807, 2.05) is 26.8 Å². The van der Waals surface area contributed by atoms with E-state index in [1.54, 1.807) is 6.20 Å². The number of rotatable bonds is 8. The number of hydrogen-bond acceptors (Lipinski definition) is 4. The molecule has 4 nitrogen and oxygen atoms in total. The second-order valence-corrected chi connectivity index (χ2v) is 20.0. The smallest absolute Gasteiger partial charge is 0.217 e. The summed E-state index contributed by atoms with van der Waals surface area (Å²) in [7, 11) is -1.99. The predicted molar refractivity (Wildman–Crippen MR) is 136 cm³/mol. The molecule has 2 atom stereocenters. The highest BCUT2D eigenvalue weighted by molar-refractivity contribution is 7.90. The van der Waals surface area contributed by atoms with Gasteiger partial charge in [-0.25, -0.2) is 4.98 Å². The van der Waals surface area contributed by atoms with Crippen molar-refractivity contribution in [2.75, 3.05) is 0 Å². The number of nitrogens with zero attached hydrogens (tertiary/aromatic N) is 1. The number of hydrogen-bond donors (Lipinski definition) is 1. The van der Waals surface area contributed by atoms with Gasteiger partial charge in [0.25, 0.3) is 0 Å². The highest BCUT2D eigenvalue weighted by Crippen LogP contribution is 2.52. The van der Waals surface area contributed by atoms with Crippen LogP contribution in [0, 0.1) is 11.4 Å². The van der Waals surface area contributed by atoms with Crippen LogP contribution in [0.3, 0.4) is 0 Å². The monoisotopic (exact) mass is 484 g/mol. The van der Waals surface area contributed by atoms with E-state index >= 15 is 4.39 Å². The summed E-state index contributed by atoms with van der Waals surface area (Å²) in [6.07, 6.45) is 4.93. The van der Waals surface area contributed by atoms with Gasteiger partial charge in [0.1, 0.15) is 4.75 Å². The van der Waals surface area contributed by atoms with Gasteiger partial charge in [0.2, 0.25) is 5.95 Å². The van der Waals surface area contributed by atoms with Crippen LogP contribution < -0.4 is 4.72 Å². The lowest BCUT2D eigenvalue weighted by Gasteiger charge is -2.40. The third-order valence-electron chi connectivity index (χ3n) is 6.50. The maximum absolute atomic E-state index is 15.0. The summed E-state index contributed by atoms with van der Waals surface area (Å²) in [5.41, 5.74) is 1.28. The first kappa shape index (κ1) is 27.8. The molecule has 2 rings (SSSR count). The largest absolute Gasteiger partial charge is 0.598 e. The molecular weight excluding hydrogens is 439 g/mol. The van der Waals surface area contributed by atoms with E-state index in [-0.39, 0.29) is 16.1 Å². The van der Waals surface area contributed by atoms with Crippen LogP contribution >= 0.6 is 0 Å². The molecule has 32 heavy (non-hydrogen) atoms. The van der Waals surface area contributed by atoms with Gasteiger partial charge in [-0.15, -0.1) is 4.72 Å². The fourth-order valence-corrected chi connectivity index (χ4v) is 6.04. The Morgan fingerprint density at radius 3 is 2.16 bits per heavy atom. The third kappa shape index (κ3) is 7.52. The van der Waals surface area contributed by atoms with Gasteiger partial charge in [-0.1, -0.05) is 41.5 Å². The standard InChI is InChI=1S/C25H45FN2O2SSi/c1-22(2,3)15-18-14-19(21(26)27-17-18)20(28-31(29)23(4,5)6)16-25(12-13-25)30-32(10,11)24(7,8)9/h14,17,20,28H,12-13,15-16H2,1-11H3. The molecule has 1 saturated carbocycles. The van der Waals surface area contributed by atoms with E-state index < -0.39 is 36.4 Å². The van der Waals surface area contributed by atoms with Gasteiger partial charge in [-0.2, -0.15) is 4.39 Å². The maximum atomic E-state index is 15.0. The van der Waals surface area contributed by atoms with Crippen molar-refractivity contribution in [1.82, 2.24) is 9.71 Å². The molecule has 1 aromatic heterocycles. The molecule has 0 aromatic carbocycles. The van der Waals surface area contributed by atoms with Gasteiger partial charge in [-0.05, 0) is 81.6 Å². The quantitative estimate of drug-likeness (QED) is 0.249. The molecule has 184 valence electrons. The first-order chi connectivity index (χ1) is 14.2. The van der Waals surface area contributed by atoms with E-state index in [1.165, 1.54) is 0 Å². The second-order valence-electron chi connectivity index (χ2n) is 13.3. The van der Waals surface area contributed by atoms with Crippen molar-refractivity contribution in [3.05, 3.63) is 29.3 Å². The summed E-state index contributed by atoms with van der Waals surface area (Å²) in [4.78, 5) is 4.08. The molecule has 0 bridgehead atoms. The Hall–Kier alpha value is -0.473. The van der Waals surface area contributed by atoms with Crippen LogP contribution in [0.2, 0.25) is 18.1 Å². The normalized spacial score (nSPS) is 19.0. The summed E-state index contributed by atoms with van der Waals surface area (Å²) >= 11 is -1.34. The van der Waals surface area contributed by atoms with Crippen molar-refractivity contribution in [1.29, 1.82) is 0 Å². The van der Waals surface area contributed by atoms with Crippen molar-refractivity contribution in [3.63, 3.8) is 0 Å². The summed E-state index contributed by atoms with van der Waals surface area (Å²) in [6, 6.07) is 1.49. The molecule has 7 heteroatoms. The van der Waals surface area contributed by atoms with Crippen molar-refractivity contribution >= 4 is 19.7 Å². The summed E-state index contributed by atoms with van der Waals surface area (Å²) < 4.78 is 37.7. The van der Waals surface area contributed by atoms with Gasteiger partial charge in [0.05, 0.1) is 11.6 Å². The molecule has 0 saturated heterocycles. The van der Waals surface area contributed by atoms with Gasteiger partial charge < -0.3 is 8.98 Å². The first-order valence-electron chi connectivity index (χ1n) is 11.8. The summed E-state index contributed by atoms with van der Waals surface area (Å²) in [6.45, 7) is 23.5. The number of aromatic nitrogens is 1. The minimum absolute atomic E-state index is 0.0666. The van der Waals surface area contributed by atoms with E-state index in [0.29, 0.717) is 12.0 Å². The number of pyridine rings is 1. The van der Waals surface area contributed by atoms with Crippen molar-refractivity contribution in [3.8, 4) is 0 Å². The van der Waals surface area contributed by atoms with Crippen molar-refractivity contribution in [2.24, 2.45) is 5.41 Å². The van der Waals surface area contributed by atoms with Crippen LogP contribution in [0.5, 0.6) is 0 Å². The zero-order valence-electron chi connectivity index (χ0n) is 22.1. The van der Waals surface area contributed by atoms with E-state index in [0.717, 1.165) is 24.8 Å². The lowest BCUT2D eigenvalue weighted by Crippen LogP contribution is -2.47.